The Bertz CT molecular complexity index is 265. The van der Waals surface area contributed by atoms with E-state index in [1.807, 2.05) is 0 Å². The molecule has 0 heterocycles. The second kappa shape index (κ2) is 22.1. The summed E-state index contributed by atoms with van der Waals surface area (Å²) in [5, 5.41) is 13.0. The second-order valence-electron chi connectivity index (χ2n) is 5.00. The highest BCUT2D eigenvalue weighted by molar-refractivity contribution is 5.85. The molecule has 0 aliphatic carbocycles. The third-order valence-electron chi connectivity index (χ3n) is 2.98. The van der Waals surface area contributed by atoms with Crippen LogP contribution in [0.2, 0.25) is 0 Å². The number of hydrogen-bond donors (Lipinski definition) is 4. The minimum Gasteiger partial charge on any atom is -0.357 e. The molecule has 0 saturated heterocycles. The SMILES string of the molecule is CCNC(=NCCCCCCN=C(NCC)NCC)NCC.Cl.Cl. The zero-order chi connectivity index (χ0) is 16.5. The molecule has 8 heteroatoms. The van der Waals surface area contributed by atoms with Gasteiger partial charge in [0.25, 0.3) is 0 Å². The van der Waals surface area contributed by atoms with Crippen LogP contribution in [-0.2, 0) is 0 Å². The molecule has 0 fully saturated rings. The first-order valence-corrected chi connectivity index (χ1v) is 8.82. The predicted molar refractivity (Wildman–Crippen MR) is 112 cm³/mol. The van der Waals surface area contributed by atoms with Gasteiger partial charge in [0, 0.05) is 39.3 Å². The summed E-state index contributed by atoms with van der Waals surface area (Å²) in [6, 6.07) is 0. The van der Waals surface area contributed by atoms with Crippen LogP contribution >= 0.6 is 24.8 Å². The lowest BCUT2D eigenvalue weighted by atomic mass is 10.2. The lowest BCUT2D eigenvalue weighted by Crippen LogP contribution is -2.37. The fourth-order valence-electron chi connectivity index (χ4n) is 1.98. The number of rotatable bonds is 11. The normalized spacial score (nSPS) is 9.00. The van der Waals surface area contributed by atoms with Crippen molar-refractivity contribution in [2.24, 2.45) is 9.98 Å². The van der Waals surface area contributed by atoms with Crippen molar-refractivity contribution < 1.29 is 0 Å². The largest absolute Gasteiger partial charge is 0.357 e. The van der Waals surface area contributed by atoms with Crippen LogP contribution in [0.1, 0.15) is 53.4 Å². The third-order valence-corrected chi connectivity index (χ3v) is 2.98. The van der Waals surface area contributed by atoms with Gasteiger partial charge in [-0.05, 0) is 40.5 Å². The fraction of sp³-hybridized carbons (Fsp3) is 0.875. The van der Waals surface area contributed by atoms with E-state index >= 15 is 0 Å². The van der Waals surface area contributed by atoms with Crippen LogP contribution in [0, 0.1) is 0 Å². The van der Waals surface area contributed by atoms with Gasteiger partial charge in [-0.2, -0.15) is 0 Å². The highest BCUT2D eigenvalue weighted by atomic mass is 35.5. The van der Waals surface area contributed by atoms with E-state index in [0.29, 0.717) is 0 Å². The molecule has 24 heavy (non-hydrogen) atoms. The molecule has 0 aromatic heterocycles. The van der Waals surface area contributed by atoms with E-state index in [1.165, 1.54) is 12.8 Å². The molecule has 0 amide bonds. The summed E-state index contributed by atoms with van der Waals surface area (Å²) in [4.78, 5) is 9.09. The number of unbranched alkanes of at least 4 members (excludes halogenated alkanes) is 3. The Morgan fingerprint density at radius 2 is 0.833 bits per heavy atom. The first kappa shape index (κ1) is 27.9. The average Bonchev–Trinajstić information content (AvgIpc) is 2.50. The first-order chi connectivity index (χ1) is 10.8. The summed E-state index contributed by atoms with van der Waals surface area (Å²) in [6.45, 7) is 13.7. The predicted octanol–water partition coefficient (Wildman–Crippen LogP) is 2.54. The molecule has 6 nitrogen and oxygen atoms in total. The van der Waals surface area contributed by atoms with E-state index < -0.39 is 0 Å². The van der Waals surface area contributed by atoms with Gasteiger partial charge in [-0.1, -0.05) is 12.8 Å². The molecule has 0 aliphatic rings. The Morgan fingerprint density at radius 1 is 0.542 bits per heavy atom. The van der Waals surface area contributed by atoms with E-state index in [-0.39, 0.29) is 24.8 Å². The molecule has 0 atom stereocenters. The maximum atomic E-state index is 4.54. The first-order valence-electron chi connectivity index (χ1n) is 8.82. The molecule has 0 aliphatic heterocycles. The third kappa shape index (κ3) is 17.5. The topological polar surface area (TPSA) is 72.8 Å². The minimum absolute atomic E-state index is 0. The number of halogens is 2. The smallest absolute Gasteiger partial charge is 0.191 e. The van der Waals surface area contributed by atoms with E-state index in [9.17, 15) is 0 Å². The molecule has 0 aromatic carbocycles. The fourth-order valence-corrected chi connectivity index (χ4v) is 1.98. The Balaban J connectivity index is -0.00000220. The molecule has 0 unspecified atom stereocenters. The molecule has 0 saturated carbocycles. The summed E-state index contributed by atoms with van der Waals surface area (Å²) in [5.74, 6) is 1.85. The van der Waals surface area contributed by atoms with Crippen molar-refractivity contribution in [2.75, 3.05) is 39.3 Å². The van der Waals surface area contributed by atoms with Crippen LogP contribution in [-0.4, -0.2) is 51.2 Å². The van der Waals surface area contributed by atoms with Gasteiger partial charge < -0.3 is 21.3 Å². The van der Waals surface area contributed by atoms with Crippen LogP contribution in [0.5, 0.6) is 0 Å². The van der Waals surface area contributed by atoms with Crippen LogP contribution in [0.25, 0.3) is 0 Å². The molecule has 4 N–H and O–H groups in total. The quantitative estimate of drug-likeness (QED) is 0.251. The summed E-state index contributed by atoms with van der Waals surface area (Å²) in [5.41, 5.74) is 0. The molecular formula is C16H38Cl2N6. The van der Waals surface area contributed by atoms with Gasteiger partial charge in [-0.15, -0.1) is 24.8 Å². The molecule has 0 spiro atoms. The van der Waals surface area contributed by atoms with Crippen molar-refractivity contribution in [2.45, 2.75) is 53.4 Å². The summed E-state index contributed by atoms with van der Waals surface area (Å²) in [7, 11) is 0. The van der Waals surface area contributed by atoms with Crippen molar-refractivity contribution in [3.63, 3.8) is 0 Å². The average molecular weight is 385 g/mol. The zero-order valence-corrected chi connectivity index (χ0v) is 17.4. The molecule has 0 radical (unpaired) electrons. The van der Waals surface area contributed by atoms with Gasteiger partial charge >= 0.3 is 0 Å². The number of hydrogen-bond acceptors (Lipinski definition) is 2. The lowest BCUT2D eigenvalue weighted by Gasteiger charge is -2.09. The Morgan fingerprint density at radius 3 is 1.08 bits per heavy atom. The molecule has 146 valence electrons. The molecule has 0 bridgehead atoms. The molecular weight excluding hydrogens is 347 g/mol. The monoisotopic (exact) mass is 384 g/mol. The molecule has 0 aromatic rings. The minimum atomic E-state index is 0. The van der Waals surface area contributed by atoms with Crippen LogP contribution in [0.15, 0.2) is 9.98 Å². The Hall–Kier alpha value is -0.880. The highest BCUT2D eigenvalue weighted by Gasteiger charge is 1.95. The van der Waals surface area contributed by atoms with Gasteiger partial charge in [0.15, 0.2) is 11.9 Å². The van der Waals surface area contributed by atoms with Crippen molar-refractivity contribution in [3.05, 3.63) is 0 Å². The number of nitrogens with one attached hydrogen (secondary N) is 4. The number of aliphatic imine (C=N–C) groups is 2. The standard InChI is InChI=1S/C16H36N6.2ClH/c1-5-17-15(18-6-2)21-13-11-9-10-12-14-22-16(19-7-3)20-8-4;;/h5-14H2,1-4H3,(H2,17,18,21)(H2,19,20,22);2*1H. The van der Waals surface area contributed by atoms with Gasteiger partial charge in [0.1, 0.15) is 0 Å². The van der Waals surface area contributed by atoms with E-state index in [2.05, 4.69) is 58.9 Å². The second-order valence-corrected chi connectivity index (χ2v) is 5.00. The maximum absolute atomic E-state index is 4.54. The van der Waals surface area contributed by atoms with Crippen LogP contribution < -0.4 is 21.3 Å². The summed E-state index contributed by atoms with van der Waals surface area (Å²) < 4.78 is 0. The zero-order valence-electron chi connectivity index (χ0n) is 15.8. The maximum Gasteiger partial charge on any atom is 0.191 e. The van der Waals surface area contributed by atoms with Crippen LogP contribution in [0.4, 0.5) is 0 Å². The van der Waals surface area contributed by atoms with Crippen molar-refractivity contribution in [3.8, 4) is 0 Å². The highest BCUT2D eigenvalue weighted by Crippen LogP contribution is 2.00. The van der Waals surface area contributed by atoms with Crippen molar-refractivity contribution >= 4 is 36.7 Å². The van der Waals surface area contributed by atoms with Gasteiger partial charge in [0.05, 0.1) is 0 Å². The van der Waals surface area contributed by atoms with Gasteiger partial charge in [-0.25, -0.2) is 0 Å². The number of guanidine groups is 2. The Kier molecular flexibility index (Phi) is 25.8. The van der Waals surface area contributed by atoms with E-state index in [4.69, 9.17) is 0 Å². The Labute approximate surface area is 161 Å². The van der Waals surface area contributed by atoms with Crippen molar-refractivity contribution in [1.29, 1.82) is 0 Å². The van der Waals surface area contributed by atoms with Crippen LogP contribution in [0.3, 0.4) is 0 Å². The van der Waals surface area contributed by atoms with Gasteiger partial charge in [0.2, 0.25) is 0 Å². The summed E-state index contributed by atoms with van der Waals surface area (Å²) >= 11 is 0. The lowest BCUT2D eigenvalue weighted by molar-refractivity contribution is 0.649. The number of nitrogens with zero attached hydrogens (tertiary/aromatic N) is 2. The van der Waals surface area contributed by atoms with E-state index in [1.54, 1.807) is 0 Å². The van der Waals surface area contributed by atoms with Crippen molar-refractivity contribution in [1.82, 2.24) is 21.3 Å². The summed E-state index contributed by atoms with van der Waals surface area (Å²) in [6.07, 6.45) is 4.69. The molecule has 0 rings (SSSR count). The van der Waals surface area contributed by atoms with Gasteiger partial charge in [-0.3, -0.25) is 9.98 Å². The van der Waals surface area contributed by atoms with E-state index in [0.717, 1.165) is 64.0 Å².